The van der Waals surface area contributed by atoms with E-state index in [9.17, 15) is 4.39 Å². The van der Waals surface area contributed by atoms with Crippen LogP contribution in [0.3, 0.4) is 0 Å². The van der Waals surface area contributed by atoms with Crippen molar-refractivity contribution in [1.29, 1.82) is 0 Å². The van der Waals surface area contributed by atoms with Crippen LogP contribution in [0.2, 0.25) is 5.02 Å². The average molecular weight is 369 g/mol. The van der Waals surface area contributed by atoms with Crippen LogP contribution in [-0.4, -0.2) is 10.1 Å². The molecule has 21 heavy (non-hydrogen) atoms. The Kier molecular flexibility index (Phi) is 3.65. The van der Waals surface area contributed by atoms with Crippen molar-refractivity contribution in [1.82, 2.24) is 10.1 Å². The summed E-state index contributed by atoms with van der Waals surface area (Å²) in [5, 5.41) is 4.08. The number of halogens is 3. The minimum atomic E-state index is -0.424. The molecule has 0 fully saturated rings. The fraction of sp³-hybridized carbons (Fsp3) is 0. The number of nitrogens with two attached hydrogens (primary N) is 1. The number of aromatic nitrogens is 2. The molecule has 0 saturated heterocycles. The molecule has 7 heteroatoms. The fourth-order valence-electron chi connectivity index (χ4n) is 1.86. The van der Waals surface area contributed by atoms with Crippen molar-refractivity contribution in [2.45, 2.75) is 0 Å². The SMILES string of the molecule is Nc1cc(Br)cc(-c2nc(-c3ccc(F)cc3Cl)no2)c1. The maximum Gasteiger partial charge on any atom is 0.258 e. The van der Waals surface area contributed by atoms with Crippen molar-refractivity contribution in [3.8, 4) is 22.8 Å². The highest BCUT2D eigenvalue weighted by Crippen LogP contribution is 2.30. The van der Waals surface area contributed by atoms with Gasteiger partial charge in [0.1, 0.15) is 5.82 Å². The van der Waals surface area contributed by atoms with E-state index < -0.39 is 5.82 Å². The number of rotatable bonds is 2. The lowest BCUT2D eigenvalue weighted by Gasteiger charge is -1.99. The molecule has 1 aromatic heterocycles. The summed E-state index contributed by atoms with van der Waals surface area (Å²) in [5.41, 5.74) is 7.52. The summed E-state index contributed by atoms with van der Waals surface area (Å²) in [7, 11) is 0. The summed E-state index contributed by atoms with van der Waals surface area (Å²) in [6, 6.07) is 9.27. The zero-order valence-corrected chi connectivity index (χ0v) is 12.8. The van der Waals surface area contributed by atoms with Gasteiger partial charge in [-0.2, -0.15) is 4.98 Å². The Morgan fingerprint density at radius 1 is 1.19 bits per heavy atom. The van der Waals surface area contributed by atoms with E-state index in [0.29, 0.717) is 22.7 Å². The van der Waals surface area contributed by atoms with Crippen LogP contribution in [0.4, 0.5) is 10.1 Å². The van der Waals surface area contributed by atoms with Crippen molar-refractivity contribution in [3.05, 3.63) is 51.7 Å². The van der Waals surface area contributed by atoms with Crippen molar-refractivity contribution in [3.63, 3.8) is 0 Å². The molecule has 4 nitrogen and oxygen atoms in total. The Morgan fingerprint density at radius 3 is 2.71 bits per heavy atom. The molecule has 106 valence electrons. The molecule has 0 aliphatic carbocycles. The van der Waals surface area contributed by atoms with E-state index in [1.165, 1.54) is 18.2 Å². The maximum atomic E-state index is 13.1. The van der Waals surface area contributed by atoms with Gasteiger partial charge < -0.3 is 10.3 Å². The second-order valence-corrected chi connectivity index (χ2v) is 5.64. The van der Waals surface area contributed by atoms with Crippen molar-refractivity contribution in [2.24, 2.45) is 0 Å². The lowest BCUT2D eigenvalue weighted by molar-refractivity contribution is 0.432. The number of hydrogen-bond acceptors (Lipinski definition) is 4. The van der Waals surface area contributed by atoms with E-state index in [-0.39, 0.29) is 10.8 Å². The third-order valence-corrected chi connectivity index (χ3v) is 3.54. The quantitative estimate of drug-likeness (QED) is 0.674. The van der Waals surface area contributed by atoms with Crippen LogP contribution in [0.5, 0.6) is 0 Å². The average Bonchev–Trinajstić information content (AvgIpc) is 2.87. The normalized spacial score (nSPS) is 10.8. The first-order valence-electron chi connectivity index (χ1n) is 5.88. The van der Waals surface area contributed by atoms with Crippen LogP contribution < -0.4 is 5.73 Å². The largest absolute Gasteiger partial charge is 0.399 e. The first-order valence-corrected chi connectivity index (χ1v) is 7.05. The molecule has 0 amide bonds. The minimum Gasteiger partial charge on any atom is -0.399 e. The van der Waals surface area contributed by atoms with Gasteiger partial charge in [-0.3, -0.25) is 0 Å². The zero-order valence-electron chi connectivity index (χ0n) is 10.5. The molecule has 0 spiro atoms. The molecule has 0 bridgehead atoms. The van der Waals surface area contributed by atoms with Crippen LogP contribution >= 0.6 is 27.5 Å². The summed E-state index contributed by atoms with van der Waals surface area (Å²) < 4.78 is 19.1. The van der Waals surface area contributed by atoms with E-state index in [2.05, 4.69) is 26.1 Å². The van der Waals surface area contributed by atoms with Crippen LogP contribution in [0.25, 0.3) is 22.8 Å². The Balaban J connectivity index is 2.03. The smallest absolute Gasteiger partial charge is 0.258 e. The van der Waals surface area contributed by atoms with Gasteiger partial charge in [0.05, 0.1) is 5.02 Å². The molecule has 0 atom stereocenters. The standard InChI is InChI=1S/C14H8BrClFN3O/c15-8-3-7(4-10(18)5-8)14-19-13(20-21-14)11-2-1-9(17)6-12(11)16/h1-6H,18H2. The molecule has 1 heterocycles. The van der Waals surface area contributed by atoms with Gasteiger partial charge in [0, 0.05) is 21.3 Å². The van der Waals surface area contributed by atoms with E-state index in [1.54, 1.807) is 18.2 Å². The molecule has 0 radical (unpaired) electrons. The molecular weight excluding hydrogens is 361 g/mol. The number of nitrogen functional groups attached to an aromatic ring is 1. The first kappa shape index (κ1) is 14.0. The minimum absolute atomic E-state index is 0.219. The molecule has 3 rings (SSSR count). The van der Waals surface area contributed by atoms with Crippen LogP contribution in [0.1, 0.15) is 0 Å². The first-order chi connectivity index (χ1) is 10.0. The second-order valence-electron chi connectivity index (χ2n) is 4.32. The summed E-state index contributed by atoms with van der Waals surface area (Å²) in [4.78, 5) is 4.26. The van der Waals surface area contributed by atoms with Gasteiger partial charge in [0.25, 0.3) is 5.89 Å². The highest BCUT2D eigenvalue weighted by Gasteiger charge is 2.14. The molecule has 0 aliphatic rings. The predicted molar refractivity (Wildman–Crippen MR) is 82.3 cm³/mol. The van der Waals surface area contributed by atoms with Gasteiger partial charge in [-0.15, -0.1) is 0 Å². The van der Waals surface area contributed by atoms with E-state index in [4.69, 9.17) is 21.9 Å². The zero-order chi connectivity index (χ0) is 15.0. The van der Waals surface area contributed by atoms with Gasteiger partial charge in [0.2, 0.25) is 5.82 Å². The monoisotopic (exact) mass is 367 g/mol. The third kappa shape index (κ3) is 2.91. The van der Waals surface area contributed by atoms with Crippen LogP contribution in [0, 0.1) is 5.82 Å². The summed E-state index contributed by atoms with van der Waals surface area (Å²) in [5.74, 6) is 0.166. The Bertz CT molecular complexity index is 801. The predicted octanol–water partition coefficient (Wildman–Crippen LogP) is 4.54. The lowest BCUT2D eigenvalue weighted by Crippen LogP contribution is -1.87. The number of hydrogen-bond donors (Lipinski definition) is 1. The van der Waals surface area contributed by atoms with Crippen molar-refractivity contribution in [2.75, 3.05) is 5.73 Å². The van der Waals surface area contributed by atoms with E-state index in [1.807, 2.05) is 0 Å². The van der Waals surface area contributed by atoms with E-state index >= 15 is 0 Å². The highest BCUT2D eigenvalue weighted by atomic mass is 79.9. The topological polar surface area (TPSA) is 64.9 Å². The summed E-state index contributed by atoms with van der Waals surface area (Å²) >= 11 is 9.33. The van der Waals surface area contributed by atoms with Gasteiger partial charge in [0.15, 0.2) is 0 Å². The Hall–Kier alpha value is -1.92. The van der Waals surface area contributed by atoms with Crippen LogP contribution in [-0.2, 0) is 0 Å². The molecular formula is C14H8BrClFN3O. The van der Waals surface area contributed by atoms with Gasteiger partial charge >= 0.3 is 0 Å². The lowest BCUT2D eigenvalue weighted by atomic mass is 10.2. The molecule has 3 aromatic rings. The molecule has 2 aromatic carbocycles. The van der Waals surface area contributed by atoms with Gasteiger partial charge in [-0.05, 0) is 36.4 Å². The van der Waals surface area contributed by atoms with Crippen LogP contribution in [0.15, 0.2) is 45.4 Å². The number of benzene rings is 2. The van der Waals surface area contributed by atoms with E-state index in [0.717, 1.165) is 4.47 Å². The summed E-state index contributed by atoms with van der Waals surface area (Å²) in [6.07, 6.45) is 0. The fourth-order valence-corrected chi connectivity index (χ4v) is 2.62. The Labute approximate surface area is 132 Å². The molecule has 0 unspecified atom stereocenters. The molecule has 2 N–H and O–H groups in total. The Morgan fingerprint density at radius 2 is 2.00 bits per heavy atom. The maximum absolute atomic E-state index is 13.1. The third-order valence-electron chi connectivity index (χ3n) is 2.77. The second kappa shape index (κ2) is 5.46. The highest BCUT2D eigenvalue weighted by molar-refractivity contribution is 9.10. The summed E-state index contributed by atoms with van der Waals surface area (Å²) in [6.45, 7) is 0. The number of nitrogens with zero attached hydrogens (tertiary/aromatic N) is 2. The van der Waals surface area contributed by atoms with Gasteiger partial charge in [-0.1, -0.05) is 32.7 Å². The number of anilines is 1. The molecule has 0 saturated carbocycles. The molecule has 0 aliphatic heterocycles. The van der Waals surface area contributed by atoms with Gasteiger partial charge in [-0.25, -0.2) is 4.39 Å². The van der Waals surface area contributed by atoms with Crippen molar-refractivity contribution < 1.29 is 8.91 Å². The van der Waals surface area contributed by atoms with Crippen molar-refractivity contribution >= 4 is 33.2 Å².